The first-order valence-corrected chi connectivity index (χ1v) is 7.52. The molecule has 2 nitrogen and oxygen atoms in total. The number of quaternary nitrogens is 1. The zero-order chi connectivity index (χ0) is 13.0. The highest BCUT2D eigenvalue weighted by Crippen LogP contribution is 2.10. The van der Waals surface area contributed by atoms with E-state index in [-0.39, 0.29) is 0 Å². The Hall–Kier alpha value is -0.0800. The van der Waals surface area contributed by atoms with Crippen LogP contribution in [0, 0.1) is 0 Å². The van der Waals surface area contributed by atoms with E-state index in [1.165, 1.54) is 64.2 Å². The maximum Gasteiger partial charge on any atom is 0.106 e. The monoisotopic (exact) mass is 244 g/mol. The summed E-state index contributed by atoms with van der Waals surface area (Å²) in [5, 5.41) is 0. The van der Waals surface area contributed by atoms with Gasteiger partial charge in [0.05, 0.1) is 21.1 Å². The summed E-state index contributed by atoms with van der Waals surface area (Å²) in [6, 6.07) is 0. The van der Waals surface area contributed by atoms with Crippen LogP contribution in [0.5, 0.6) is 0 Å². The van der Waals surface area contributed by atoms with Gasteiger partial charge in [0.2, 0.25) is 0 Å². The van der Waals surface area contributed by atoms with Gasteiger partial charge in [0.1, 0.15) is 6.61 Å². The Morgan fingerprint density at radius 2 is 1.06 bits per heavy atom. The van der Waals surface area contributed by atoms with E-state index < -0.39 is 0 Å². The number of hydroxylamine groups is 3. The standard InChI is InChI=1S/C15H34NO/c1-5-6-7-8-9-10-11-12-13-14-15-17-16(2,3)4/h5-15H2,1-4H3/q+1. The molecule has 0 saturated heterocycles. The van der Waals surface area contributed by atoms with Gasteiger partial charge in [0, 0.05) is 0 Å². The normalized spacial score (nSPS) is 12.0. The molecule has 0 aliphatic carbocycles. The van der Waals surface area contributed by atoms with E-state index in [1.54, 1.807) is 0 Å². The molecule has 0 aliphatic rings. The molecule has 2 heteroatoms. The minimum atomic E-state index is 0.622. The van der Waals surface area contributed by atoms with Crippen LogP contribution in [0.2, 0.25) is 0 Å². The molecule has 0 aromatic carbocycles. The molecule has 104 valence electrons. The minimum absolute atomic E-state index is 0.622. The molecule has 0 N–H and O–H groups in total. The first-order valence-electron chi connectivity index (χ1n) is 7.52. The van der Waals surface area contributed by atoms with Gasteiger partial charge in [0.15, 0.2) is 0 Å². The van der Waals surface area contributed by atoms with E-state index in [4.69, 9.17) is 4.84 Å². The number of hydrogen-bond acceptors (Lipinski definition) is 1. The van der Waals surface area contributed by atoms with Gasteiger partial charge in [-0.1, -0.05) is 64.7 Å². The summed E-state index contributed by atoms with van der Waals surface area (Å²) in [4.78, 5) is 5.64. The van der Waals surface area contributed by atoms with Gasteiger partial charge in [-0.25, -0.2) is 4.84 Å². The predicted molar refractivity (Wildman–Crippen MR) is 75.8 cm³/mol. The summed E-state index contributed by atoms with van der Waals surface area (Å²) in [5.41, 5.74) is 0. The number of hydrogen-bond donors (Lipinski definition) is 0. The first-order chi connectivity index (χ1) is 8.06. The van der Waals surface area contributed by atoms with Crippen LogP contribution >= 0.6 is 0 Å². The third kappa shape index (κ3) is 15.9. The van der Waals surface area contributed by atoms with Gasteiger partial charge < -0.3 is 0 Å². The first kappa shape index (κ1) is 16.9. The van der Waals surface area contributed by atoms with E-state index in [9.17, 15) is 0 Å². The fourth-order valence-corrected chi connectivity index (χ4v) is 1.93. The van der Waals surface area contributed by atoms with Crippen LogP contribution in [0.3, 0.4) is 0 Å². The van der Waals surface area contributed by atoms with E-state index in [0.29, 0.717) is 4.65 Å². The van der Waals surface area contributed by atoms with E-state index in [0.717, 1.165) is 6.61 Å². The highest BCUT2D eigenvalue weighted by Gasteiger charge is 2.06. The smallest absolute Gasteiger partial charge is 0.106 e. The van der Waals surface area contributed by atoms with Crippen molar-refractivity contribution in [3.8, 4) is 0 Å². The Morgan fingerprint density at radius 1 is 0.647 bits per heavy atom. The van der Waals surface area contributed by atoms with Crippen molar-refractivity contribution in [2.45, 2.75) is 71.1 Å². The van der Waals surface area contributed by atoms with E-state index in [2.05, 4.69) is 28.1 Å². The summed E-state index contributed by atoms with van der Waals surface area (Å²) in [6.45, 7) is 3.18. The third-order valence-electron chi connectivity index (χ3n) is 2.98. The molecule has 0 heterocycles. The molecule has 0 spiro atoms. The SMILES string of the molecule is CCCCCCCCCCCCO[N+](C)(C)C. The van der Waals surface area contributed by atoms with Crippen molar-refractivity contribution in [2.24, 2.45) is 0 Å². The lowest BCUT2D eigenvalue weighted by atomic mass is 10.1. The van der Waals surface area contributed by atoms with E-state index in [1.807, 2.05) is 0 Å². The molecule has 0 aliphatic heterocycles. The average molecular weight is 244 g/mol. The summed E-state index contributed by atoms with van der Waals surface area (Å²) in [5.74, 6) is 0. The lowest BCUT2D eigenvalue weighted by molar-refractivity contribution is -1.06. The summed E-state index contributed by atoms with van der Waals surface area (Å²) in [7, 11) is 6.20. The van der Waals surface area contributed by atoms with Crippen LogP contribution in [0.15, 0.2) is 0 Å². The van der Waals surface area contributed by atoms with Gasteiger partial charge in [-0.15, -0.1) is 0 Å². The second-order valence-corrected chi connectivity index (χ2v) is 5.90. The van der Waals surface area contributed by atoms with Gasteiger partial charge >= 0.3 is 0 Å². The molecule has 0 aromatic heterocycles. The molecule has 0 radical (unpaired) electrons. The highest BCUT2D eigenvalue weighted by atomic mass is 16.7. The second kappa shape index (κ2) is 11.0. The Labute approximate surface area is 109 Å². The van der Waals surface area contributed by atoms with Crippen molar-refractivity contribution in [1.29, 1.82) is 0 Å². The van der Waals surface area contributed by atoms with Crippen LogP contribution < -0.4 is 0 Å². The van der Waals surface area contributed by atoms with Crippen molar-refractivity contribution in [1.82, 2.24) is 0 Å². The van der Waals surface area contributed by atoms with Crippen molar-refractivity contribution >= 4 is 0 Å². The maximum atomic E-state index is 5.64. The second-order valence-electron chi connectivity index (χ2n) is 5.90. The number of unbranched alkanes of at least 4 members (excludes halogenated alkanes) is 9. The number of rotatable bonds is 12. The molecule has 0 amide bonds. The number of nitrogens with zero attached hydrogens (tertiary/aromatic N) is 1. The molecule has 0 unspecified atom stereocenters. The van der Waals surface area contributed by atoms with Crippen LogP contribution in [-0.2, 0) is 4.84 Å². The zero-order valence-electron chi connectivity index (χ0n) is 12.6. The largest absolute Gasteiger partial charge is 0.204 e. The topological polar surface area (TPSA) is 9.23 Å². The van der Waals surface area contributed by atoms with Crippen molar-refractivity contribution in [3.63, 3.8) is 0 Å². The zero-order valence-corrected chi connectivity index (χ0v) is 12.6. The van der Waals surface area contributed by atoms with Crippen molar-refractivity contribution < 1.29 is 9.48 Å². The average Bonchev–Trinajstić information content (AvgIpc) is 2.24. The van der Waals surface area contributed by atoms with Gasteiger partial charge in [-0.3, -0.25) is 0 Å². The molecule has 17 heavy (non-hydrogen) atoms. The Bertz CT molecular complexity index is 151. The Kier molecular flexibility index (Phi) is 11.0. The van der Waals surface area contributed by atoms with Crippen LogP contribution in [-0.4, -0.2) is 32.4 Å². The van der Waals surface area contributed by atoms with Crippen molar-refractivity contribution in [2.75, 3.05) is 27.7 Å². The molecule has 0 fully saturated rings. The van der Waals surface area contributed by atoms with Gasteiger partial charge in [-0.05, 0) is 6.42 Å². The molecule has 0 rings (SSSR count). The van der Waals surface area contributed by atoms with Crippen LogP contribution in [0.4, 0.5) is 0 Å². The van der Waals surface area contributed by atoms with E-state index >= 15 is 0 Å². The predicted octanol–water partition coefficient (Wildman–Crippen LogP) is 4.55. The molecular weight excluding hydrogens is 210 g/mol. The summed E-state index contributed by atoms with van der Waals surface area (Å²) in [6.07, 6.45) is 13.9. The Morgan fingerprint density at radius 3 is 1.47 bits per heavy atom. The van der Waals surface area contributed by atoms with Crippen LogP contribution in [0.1, 0.15) is 71.1 Å². The van der Waals surface area contributed by atoms with Crippen LogP contribution in [0.25, 0.3) is 0 Å². The van der Waals surface area contributed by atoms with Crippen molar-refractivity contribution in [3.05, 3.63) is 0 Å². The summed E-state index contributed by atoms with van der Waals surface area (Å²) >= 11 is 0. The van der Waals surface area contributed by atoms with Gasteiger partial charge in [0.25, 0.3) is 0 Å². The van der Waals surface area contributed by atoms with Gasteiger partial charge in [-0.2, -0.15) is 4.65 Å². The molecule has 0 aromatic rings. The fraction of sp³-hybridized carbons (Fsp3) is 1.00. The lowest BCUT2D eigenvalue weighted by Gasteiger charge is -2.20. The maximum absolute atomic E-state index is 5.64. The highest BCUT2D eigenvalue weighted by molar-refractivity contribution is 4.46. The molecular formula is C15H34NO+. The third-order valence-corrected chi connectivity index (χ3v) is 2.98. The molecule has 0 bridgehead atoms. The quantitative estimate of drug-likeness (QED) is 0.278. The Balaban J connectivity index is 2.99. The molecule has 0 saturated carbocycles. The minimum Gasteiger partial charge on any atom is -0.204 e. The lowest BCUT2D eigenvalue weighted by Crippen LogP contribution is -2.34. The molecule has 0 atom stereocenters. The fourth-order valence-electron chi connectivity index (χ4n) is 1.93. The summed E-state index contributed by atoms with van der Waals surface area (Å²) < 4.78 is 0.622.